The monoisotopic (exact) mass is 518 g/mol. The van der Waals surface area contributed by atoms with Gasteiger partial charge in [-0.25, -0.2) is 8.42 Å². The Kier molecular flexibility index (Phi) is 8.36. The quantitative estimate of drug-likeness (QED) is 0.464. The van der Waals surface area contributed by atoms with Gasteiger partial charge in [-0.3, -0.25) is 4.79 Å². The number of nitrogens with zero attached hydrogens (tertiary/aromatic N) is 1. The summed E-state index contributed by atoms with van der Waals surface area (Å²) in [6.45, 7) is 7.11. The van der Waals surface area contributed by atoms with Gasteiger partial charge in [0, 0.05) is 18.1 Å². The first-order valence-corrected chi connectivity index (χ1v) is 13.4. The second kappa shape index (κ2) is 10.7. The summed E-state index contributed by atoms with van der Waals surface area (Å²) in [5.74, 6) is -0.642. The van der Waals surface area contributed by atoms with Crippen molar-refractivity contribution in [2.75, 3.05) is 17.6 Å². The van der Waals surface area contributed by atoms with Crippen molar-refractivity contribution >= 4 is 32.5 Å². The maximum atomic E-state index is 13.0. The number of aromatic nitrogens is 1. The largest absolute Gasteiger partial charge is 0.416 e. The van der Waals surface area contributed by atoms with Crippen LogP contribution in [0.5, 0.6) is 0 Å². The summed E-state index contributed by atoms with van der Waals surface area (Å²) in [5.41, 5.74) is -0.683. The first kappa shape index (κ1) is 27.3. The van der Waals surface area contributed by atoms with E-state index >= 15 is 0 Å². The highest BCUT2D eigenvalue weighted by Crippen LogP contribution is 2.33. The summed E-state index contributed by atoms with van der Waals surface area (Å²) in [6, 6.07) is 3.10. The van der Waals surface area contributed by atoms with E-state index in [0.29, 0.717) is 12.8 Å². The molecule has 35 heavy (non-hydrogen) atoms. The Morgan fingerprint density at radius 3 is 2.54 bits per heavy atom. The van der Waals surface area contributed by atoms with Gasteiger partial charge in [0.05, 0.1) is 28.5 Å². The summed E-state index contributed by atoms with van der Waals surface area (Å²) >= 11 is 0. The van der Waals surface area contributed by atoms with Gasteiger partial charge in [0.1, 0.15) is 0 Å². The molecule has 3 atom stereocenters. The van der Waals surface area contributed by atoms with Crippen LogP contribution in [0.4, 0.5) is 19.0 Å². The normalized spacial score (nSPS) is 21.6. The van der Waals surface area contributed by atoms with E-state index in [1.165, 1.54) is 6.07 Å². The van der Waals surface area contributed by atoms with Crippen molar-refractivity contribution in [1.82, 2.24) is 15.8 Å². The Morgan fingerprint density at radius 1 is 1.20 bits per heavy atom. The lowest BCUT2D eigenvalue weighted by molar-refractivity contribution is -0.137. The fourth-order valence-electron chi connectivity index (χ4n) is 4.42. The summed E-state index contributed by atoms with van der Waals surface area (Å²) in [6.07, 6.45) is -2.48. The maximum Gasteiger partial charge on any atom is 0.416 e. The Hall–Kier alpha value is -2.34. The van der Waals surface area contributed by atoms with Gasteiger partial charge < -0.3 is 20.5 Å². The molecule has 0 bridgehead atoms. The lowest BCUT2D eigenvalue weighted by atomic mass is 9.82. The van der Waals surface area contributed by atoms with E-state index in [2.05, 4.69) is 21.1 Å². The molecule has 0 saturated heterocycles. The molecular weight excluding hydrogens is 485 g/mol. The van der Waals surface area contributed by atoms with E-state index in [1.807, 2.05) is 13.8 Å². The molecule has 1 aromatic heterocycles. The number of nitrogens with one attached hydrogen (secondary N) is 3. The summed E-state index contributed by atoms with van der Waals surface area (Å²) in [4.78, 5) is 12.7. The molecule has 3 rings (SSSR count). The Balaban J connectivity index is 1.67. The average molecular weight is 519 g/mol. The highest BCUT2D eigenvalue weighted by Gasteiger charge is 2.35. The number of rotatable bonds is 9. The number of benzene rings is 1. The molecule has 1 aromatic carbocycles. The van der Waals surface area contributed by atoms with Gasteiger partial charge in [-0.2, -0.15) is 13.2 Å². The standard InChI is InChI=1S/C23H33F3N4O4S/c1-13(2)28-17-6-7-19(15(9-17)12-35(32,33)14(3)4)29-21(31)11-27-22-18-10-16(23(24,25)26)5-8-20(18)34-30-22/h5,8,10,13-15,17,19,28H,6-7,9,11-12H2,1-4H3,(H,27,30)(H,29,31)/t15-,17-,19+/m1/s1. The van der Waals surface area contributed by atoms with Crippen LogP contribution in [-0.2, 0) is 20.8 Å². The molecule has 1 amide bonds. The van der Waals surface area contributed by atoms with Crippen LogP contribution < -0.4 is 16.0 Å². The predicted octanol–water partition coefficient (Wildman–Crippen LogP) is 3.73. The number of hydrogen-bond acceptors (Lipinski definition) is 7. The Labute approximate surface area is 203 Å². The number of sulfone groups is 1. The number of carbonyl (C=O) groups excluding carboxylic acids is 1. The van der Waals surface area contributed by atoms with Crippen LogP contribution >= 0.6 is 0 Å². The molecule has 1 saturated carbocycles. The third-order valence-corrected chi connectivity index (χ3v) is 8.61. The van der Waals surface area contributed by atoms with Crippen LogP contribution in [0, 0.1) is 5.92 Å². The minimum atomic E-state index is -4.52. The van der Waals surface area contributed by atoms with Gasteiger partial charge in [-0.05, 0) is 57.2 Å². The molecule has 0 unspecified atom stereocenters. The topological polar surface area (TPSA) is 113 Å². The second-order valence-corrected chi connectivity index (χ2v) is 12.3. The van der Waals surface area contributed by atoms with E-state index in [1.54, 1.807) is 13.8 Å². The van der Waals surface area contributed by atoms with Crippen molar-refractivity contribution in [3.8, 4) is 0 Å². The first-order valence-electron chi connectivity index (χ1n) is 11.7. The number of amides is 1. The molecule has 12 heteroatoms. The highest BCUT2D eigenvalue weighted by molar-refractivity contribution is 7.91. The fraction of sp³-hybridized carbons (Fsp3) is 0.652. The van der Waals surface area contributed by atoms with Crippen LogP contribution in [-0.4, -0.2) is 55.2 Å². The lowest BCUT2D eigenvalue weighted by Gasteiger charge is -2.38. The molecule has 0 radical (unpaired) electrons. The lowest BCUT2D eigenvalue weighted by Crippen LogP contribution is -2.51. The average Bonchev–Trinajstić information content (AvgIpc) is 3.15. The fourth-order valence-corrected chi connectivity index (χ4v) is 5.77. The van der Waals surface area contributed by atoms with E-state index in [-0.39, 0.29) is 53.1 Å². The zero-order valence-electron chi connectivity index (χ0n) is 20.3. The van der Waals surface area contributed by atoms with Gasteiger partial charge in [0.25, 0.3) is 0 Å². The number of alkyl halides is 3. The molecule has 1 aliphatic carbocycles. The van der Waals surface area contributed by atoms with Crippen LogP contribution in [0.3, 0.4) is 0 Å². The first-order chi connectivity index (χ1) is 16.3. The van der Waals surface area contributed by atoms with E-state index in [0.717, 1.165) is 18.6 Å². The van der Waals surface area contributed by atoms with Crippen molar-refractivity contribution in [2.45, 2.75) is 76.5 Å². The van der Waals surface area contributed by atoms with Gasteiger partial charge in [0.15, 0.2) is 21.2 Å². The van der Waals surface area contributed by atoms with Crippen LogP contribution in [0.15, 0.2) is 22.7 Å². The molecule has 196 valence electrons. The summed E-state index contributed by atoms with van der Waals surface area (Å²) in [5, 5.41) is 12.5. The number of anilines is 1. The van der Waals surface area contributed by atoms with Gasteiger partial charge in [-0.1, -0.05) is 19.0 Å². The Bertz CT molecular complexity index is 1130. The molecule has 3 N–H and O–H groups in total. The molecule has 0 aliphatic heterocycles. The van der Waals surface area contributed by atoms with E-state index in [4.69, 9.17) is 4.52 Å². The van der Waals surface area contributed by atoms with Crippen molar-refractivity contribution < 1.29 is 30.9 Å². The third kappa shape index (κ3) is 7.09. The molecule has 1 heterocycles. The second-order valence-electron chi connectivity index (χ2n) is 9.74. The zero-order chi connectivity index (χ0) is 26.0. The SMILES string of the molecule is CC(C)N[C@@H]1CC[C@H](NC(=O)CNc2noc3ccc(C(F)(F)F)cc23)[C@@H](CS(=O)(=O)C(C)C)C1. The third-order valence-electron chi connectivity index (χ3n) is 6.28. The Morgan fingerprint density at radius 2 is 1.91 bits per heavy atom. The molecular formula is C23H33F3N4O4S. The van der Waals surface area contributed by atoms with Crippen LogP contribution in [0.2, 0.25) is 0 Å². The van der Waals surface area contributed by atoms with E-state index in [9.17, 15) is 26.4 Å². The molecule has 1 fully saturated rings. The predicted molar refractivity (Wildman–Crippen MR) is 128 cm³/mol. The number of hydrogen-bond donors (Lipinski definition) is 3. The zero-order valence-corrected chi connectivity index (χ0v) is 21.1. The smallest absolute Gasteiger partial charge is 0.358 e. The number of halogens is 3. The van der Waals surface area contributed by atoms with Crippen molar-refractivity contribution in [3.63, 3.8) is 0 Å². The summed E-state index contributed by atoms with van der Waals surface area (Å²) in [7, 11) is -3.32. The minimum Gasteiger partial charge on any atom is -0.358 e. The minimum absolute atomic E-state index is 0.0204. The summed E-state index contributed by atoms with van der Waals surface area (Å²) < 4.78 is 69.4. The van der Waals surface area contributed by atoms with Gasteiger partial charge >= 0.3 is 6.18 Å². The maximum absolute atomic E-state index is 13.0. The van der Waals surface area contributed by atoms with Crippen LogP contribution in [0.25, 0.3) is 11.0 Å². The van der Waals surface area contributed by atoms with Crippen molar-refractivity contribution in [1.29, 1.82) is 0 Å². The number of fused-ring (bicyclic) bond motifs is 1. The molecule has 0 spiro atoms. The number of carbonyl (C=O) groups is 1. The van der Waals surface area contributed by atoms with Gasteiger partial charge in [0.2, 0.25) is 5.91 Å². The van der Waals surface area contributed by atoms with Crippen LogP contribution in [0.1, 0.15) is 52.5 Å². The van der Waals surface area contributed by atoms with Gasteiger partial charge in [-0.15, -0.1) is 0 Å². The molecule has 2 aromatic rings. The highest BCUT2D eigenvalue weighted by atomic mass is 32.2. The van der Waals surface area contributed by atoms with E-state index < -0.39 is 32.7 Å². The van der Waals surface area contributed by atoms with Crippen molar-refractivity contribution in [2.24, 2.45) is 5.92 Å². The molecule has 8 nitrogen and oxygen atoms in total. The molecule has 1 aliphatic rings. The van der Waals surface area contributed by atoms with Crippen molar-refractivity contribution in [3.05, 3.63) is 23.8 Å².